The van der Waals surface area contributed by atoms with Gasteiger partial charge in [-0.1, -0.05) is 31.2 Å². The number of aliphatic hydroxyl groups is 1. The van der Waals surface area contributed by atoms with Crippen molar-refractivity contribution >= 4 is 22.5 Å². The lowest BCUT2D eigenvalue weighted by molar-refractivity contribution is -0.115. The van der Waals surface area contributed by atoms with Crippen LogP contribution in [0.2, 0.25) is 0 Å². The van der Waals surface area contributed by atoms with E-state index < -0.39 is 6.10 Å². The van der Waals surface area contributed by atoms with Crippen LogP contribution in [0.4, 0.5) is 5.69 Å². The molecular weight excluding hydrogens is 378 g/mol. The second-order valence-electron chi connectivity index (χ2n) is 7.86. The molecule has 6 heteroatoms. The second-order valence-corrected chi connectivity index (χ2v) is 7.86. The van der Waals surface area contributed by atoms with Gasteiger partial charge in [0.2, 0.25) is 5.91 Å². The van der Waals surface area contributed by atoms with Gasteiger partial charge < -0.3 is 20.1 Å². The molecule has 0 radical (unpaired) electrons. The molecule has 0 bridgehead atoms. The highest BCUT2D eigenvalue weighted by Gasteiger charge is 2.28. The topological polar surface area (TPSA) is 77.6 Å². The highest BCUT2D eigenvalue weighted by Crippen LogP contribution is 2.35. The number of para-hydroxylation sites is 1. The van der Waals surface area contributed by atoms with Gasteiger partial charge in [-0.25, -0.2) is 0 Å². The number of hydrogen-bond acceptors (Lipinski definition) is 4. The molecule has 0 fully saturated rings. The van der Waals surface area contributed by atoms with Crippen molar-refractivity contribution in [2.24, 2.45) is 0 Å². The van der Waals surface area contributed by atoms with Gasteiger partial charge in [-0.05, 0) is 42.7 Å². The molecule has 2 heterocycles. The van der Waals surface area contributed by atoms with Crippen LogP contribution in [0.25, 0.3) is 10.9 Å². The summed E-state index contributed by atoms with van der Waals surface area (Å²) in [5, 5.41) is 15.1. The molecule has 1 amide bonds. The first-order chi connectivity index (χ1) is 14.5. The maximum absolute atomic E-state index is 11.8. The number of methoxy groups -OCH3 is 1. The third-order valence-corrected chi connectivity index (χ3v) is 6.07. The molecule has 1 aliphatic heterocycles. The Hall–Kier alpha value is -2.83. The van der Waals surface area contributed by atoms with Crippen LogP contribution in [0.1, 0.15) is 49.2 Å². The number of aliphatic hydroxyl groups excluding tert-OH is 1. The number of aromatic amines is 1. The standard InChI is InChI=1S/C24H29N3O3/c1-4-23(29)25-20-13-16(9-10-22(20)30-3)21(28)14-27-12-11-18-17-7-5-6-8-19(17)26-24(18)15(27)2/h5-10,13,15,21,26,28H,4,11-12,14H2,1-3H3,(H,25,29)/t15-,21+/m0/s1. The molecule has 4 rings (SSSR count). The number of carbonyl (C=O) groups is 1. The van der Waals surface area contributed by atoms with Crippen molar-refractivity contribution in [2.45, 2.75) is 38.8 Å². The lowest BCUT2D eigenvalue weighted by Crippen LogP contribution is -2.36. The van der Waals surface area contributed by atoms with Crippen molar-refractivity contribution in [2.75, 3.05) is 25.5 Å². The summed E-state index contributed by atoms with van der Waals surface area (Å²) in [7, 11) is 1.57. The lowest BCUT2D eigenvalue weighted by atomic mass is 9.97. The number of ether oxygens (including phenoxy) is 1. The maximum Gasteiger partial charge on any atom is 0.224 e. The van der Waals surface area contributed by atoms with E-state index in [0.717, 1.165) is 18.5 Å². The van der Waals surface area contributed by atoms with E-state index in [9.17, 15) is 9.90 Å². The molecular formula is C24H29N3O3. The van der Waals surface area contributed by atoms with Crippen LogP contribution in [0.15, 0.2) is 42.5 Å². The van der Waals surface area contributed by atoms with Crippen LogP contribution < -0.4 is 10.1 Å². The number of rotatable bonds is 6. The molecule has 0 aliphatic carbocycles. The predicted molar refractivity (Wildman–Crippen MR) is 119 cm³/mol. The van der Waals surface area contributed by atoms with Gasteiger partial charge >= 0.3 is 0 Å². The fourth-order valence-electron chi connectivity index (χ4n) is 4.32. The normalized spacial score (nSPS) is 17.5. The van der Waals surface area contributed by atoms with Crippen LogP contribution >= 0.6 is 0 Å². The van der Waals surface area contributed by atoms with Crippen LogP contribution in [0, 0.1) is 0 Å². The summed E-state index contributed by atoms with van der Waals surface area (Å²) in [4.78, 5) is 17.7. The summed E-state index contributed by atoms with van der Waals surface area (Å²) < 4.78 is 5.35. The van der Waals surface area contributed by atoms with Gasteiger partial charge in [0.05, 0.1) is 18.9 Å². The summed E-state index contributed by atoms with van der Waals surface area (Å²) in [5.74, 6) is 0.498. The molecule has 0 unspecified atom stereocenters. The molecule has 0 spiro atoms. The minimum atomic E-state index is -0.665. The molecule has 2 aromatic carbocycles. The first kappa shape index (κ1) is 20.4. The van der Waals surface area contributed by atoms with Crippen LogP contribution in [-0.4, -0.2) is 41.1 Å². The van der Waals surface area contributed by atoms with E-state index in [1.165, 1.54) is 22.2 Å². The highest BCUT2D eigenvalue weighted by atomic mass is 16.5. The molecule has 30 heavy (non-hydrogen) atoms. The Kier molecular flexibility index (Phi) is 5.79. The van der Waals surface area contributed by atoms with Gasteiger partial charge in [-0.3, -0.25) is 9.69 Å². The van der Waals surface area contributed by atoms with Crippen LogP contribution in [0.3, 0.4) is 0 Å². The van der Waals surface area contributed by atoms with E-state index in [0.29, 0.717) is 24.4 Å². The molecule has 2 atom stereocenters. The molecule has 1 aliphatic rings. The highest BCUT2D eigenvalue weighted by molar-refractivity contribution is 5.92. The molecule has 3 aromatic rings. The van der Waals surface area contributed by atoms with E-state index in [1.54, 1.807) is 26.2 Å². The van der Waals surface area contributed by atoms with Crippen molar-refractivity contribution in [1.29, 1.82) is 0 Å². The van der Waals surface area contributed by atoms with Gasteiger partial charge in [0.15, 0.2) is 0 Å². The van der Waals surface area contributed by atoms with Gasteiger partial charge in [0, 0.05) is 42.1 Å². The molecule has 1 aromatic heterocycles. The number of fused-ring (bicyclic) bond motifs is 3. The Morgan fingerprint density at radius 3 is 2.90 bits per heavy atom. The van der Waals surface area contributed by atoms with Gasteiger partial charge in [-0.2, -0.15) is 0 Å². The number of aromatic nitrogens is 1. The zero-order chi connectivity index (χ0) is 21.3. The van der Waals surface area contributed by atoms with Crippen LogP contribution in [-0.2, 0) is 11.2 Å². The number of carbonyl (C=O) groups excluding carboxylic acids is 1. The quantitative estimate of drug-likeness (QED) is 0.573. The van der Waals surface area contributed by atoms with Gasteiger partial charge in [0.25, 0.3) is 0 Å². The Morgan fingerprint density at radius 1 is 1.33 bits per heavy atom. The number of amides is 1. The first-order valence-electron chi connectivity index (χ1n) is 10.5. The molecule has 0 saturated heterocycles. The molecule has 3 N–H and O–H groups in total. The SMILES string of the molecule is CCC(=O)Nc1cc([C@H](O)CN2CCc3c([nH]c4ccccc34)[C@@H]2C)ccc1OC. The average Bonchev–Trinajstić information content (AvgIpc) is 3.15. The number of H-pyrrole nitrogens is 1. The van der Waals surface area contributed by atoms with E-state index in [1.807, 2.05) is 6.07 Å². The monoisotopic (exact) mass is 407 g/mol. The third-order valence-electron chi connectivity index (χ3n) is 6.07. The van der Waals surface area contributed by atoms with E-state index in [-0.39, 0.29) is 11.9 Å². The largest absolute Gasteiger partial charge is 0.495 e. The predicted octanol–water partition coefficient (Wildman–Crippen LogP) is 4.18. The zero-order valence-corrected chi connectivity index (χ0v) is 17.7. The first-order valence-corrected chi connectivity index (χ1v) is 10.5. The summed E-state index contributed by atoms with van der Waals surface area (Å²) >= 11 is 0. The molecule has 0 saturated carbocycles. The van der Waals surface area contributed by atoms with E-state index in [4.69, 9.17) is 4.74 Å². The number of β-amino-alcohol motifs (C(OH)–C–C–N with tert-alkyl or cyclic N) is 1. The third kappa shape index (κ3) is 3.80. The number of anilines is 1. The zero-order valence-electron chi connectivity index (χ0n) is 17.7. The fourth-order valence-corrected chi connectivity index (χ4v) is 4.32. The van der Waals surface area contributed by atoms with Crippen molar-refractivity contribution < 1.29 is 14.6 Å². The van der Waals surface area contributed by atoms with Crippen molar-refractivity contribution in [1.82, 2.24) is 9.88 Å². The van der Waals surface area contributed by atoms with Crippen molar-refractivity contribution in [3.63, 3.8) is 0 Å². The number of hydrogen-bond donors (Lipinski definition) is 3. The van der Waals surface area contributed by atoms with Crippen molar-refractivity contribution in [3.8, 4) is 5.75 Å². The Morgan fingerprint density at radius 2 is 2.13 bits per heavy atom. The summed E-state index contributed by atoms with van der Waals surface area (Å²) in [5.41, 5.74) is 5.14. The number of benzene rings is 2. The number of nitrogens with zero attached hydrogens (tertiary/aromatic N) is 1. The maximum atomic E-state index is 11.8. The lowest BCUT2D eigenvalue weighted by Gasteiger charge is -2.35. The van der Waals surface area contributed by atoms with Crippen molar-refractivity contribution in [3.05, 3.63) is 59.3 Å². The second kappa shape index (κ2) is 8.50. The molecule has 158 valence electrons. The fraction of sp³-hybridized carbons (Fsp3) is 0.375. The molecule has 6 nitrogen and oxygen atoms in total. The van der Waals surface area contributed by atoms with Crippen LogP contribution in [0.5, 0.6) is 5.75 Å². The summed E-state index contributed by atoms with van der Waals surface area (Å²) in [6.45, 7) is 5.39. The Balaban J connectivity index is 1.53. The minimum Gasteiger partial charge on any atom is -0.495 e. The average molecular weight is 408 g/mol. The Labute approximate surface area is 176 Å². The number of nitrogens with one attached hydrogen (secondary N) is 2. The summed E-state index contributed by atoms with van der Waals surface area (Å²) in [6.07, 6.45) is 0.673. The van der Waals surface area contributed by atoms with Gasteiger partial charge in [-0.15, -0.1) is 0 Å². The Bertz CT molecular complexity index is 1060. The van der Waals surface area contributed by atoms with Gasteiger partial charge in [0.1, 0.15) is 5.75 Å². The smallest absolute Gasteiger partial charge is 0.224 e. The minimum absolute atomic E-state index is 0.0871. The van der Waals surface area contributed by atoms with E-state index in [2.05, 4.69) is 46.4 Å². The summed E-state index contributed by atoms with van der Waals surface area (Å²) in [6, 6.07) is 14.1. The van der Waals surface area contributed by atoms with E-state index >= 15 is 0 Å².